The minimum Gasteiger partial charge on any atom is -0.494 e. The molecule has 0 spiro atoms. The first-order valence-corrected chi connectivity index (χ1v) is 8.54. The summed E-state index contributed by atoms with van der Waals surface area (Å²) in [7, 11) is 1.25. The Kier molecular flexibility index (Phi) is 5.39. The van der Waals surface area contributed by atoms with Gasteiger partial charge in [0, 0.05) is 13.1 Å². The third kappa shape index (κ3) is 3.92. The number of carboxylic acids is 1. The van der Waals surface area contributed by atoms with Crippen LogP contribution in [0.5, 0.6) is 5.75 Å². The SMILES string of the molecule is COc1ccc(F)c(C(=O)N2CC[C@@H](Cc3cccc(C(=O)O)c3)C2)c1F. The fraction of sp³-hybridized carbons (Fsp3) is 0.300. The molecule has 1 heterocycles. The van der Waals surface area contributed by atoms with E-state index in [0.717, 1.165) is 17.7 Å². The zero-order valence-corrected chi connectivity index (χ0v) is 14.7. The number of carboxylic acid groups (broad SMARTS) is 1. The second-order valence-corrected chi connectivity index (χ2v) is 6.55. The fourth-order valence-electron chi connectivity index (χ4n) is 3.39. The van der Waals surface area contributed by atoms with E-state index in [0.29, 0.717) is 25.9 Å². The Morgan fingerprint density at radius 2 is 2.04 bits per heavy atom. The van der Waals surface area contributed by atoms with Crippen molar-refractivity contribution in [2.45, 2.75) is 12.8 Å². The molecule has 2 aromatic carbocycles. The summed E-state index contributed by atoms with van der Waals surface area (Å²) in [6, 6.07) is 8.79. The first kappa shape index (κ1) is 18.8. The topological polar surface area (TPSA) is 66.8 Å². The molecule has 1 amide bonds. The number of hydrogen-bond acceptors (Lipinski definition) is 3. The highest BCUT2D eigenvalue weighted by molar-refractivity contribution is 5.95. The molecule has 1 atom stereocenters. The summed E-state index contributed by atoms with van der Waals surface area (Å²) in [6.07, 6.45) is 1.27. The maximum absolute atomic E-state index is 14.3. The van der Waals surface area contributed by atoms with Gasteiger partial charge in [0.05, 0.1) is 12.7 Å². The number of likely N-dealkylation sites (tertiary alicyclic amines) is 1. The summed E-state index contributed by atoms with van der Waals surface area (Å²) in [5.74, 6) is -3.71. The van der Waals surface area contributed by atoms with Crippen molar-refractivity contribution in [1.29, 1.82) is 0 Å². The van der Waals surface area contributed by atoms with Crippen molar-refractivity contribution < 1.29 is 28.2 Å². The summed E-state index contributed by atoms with van der Waals surface area (Å²) in [4.78, 5) is 25.1. The summed E-state index contributed by atoms with van der Waals surface area (Å²) < 4.78 is 33.2. The number of hydrogen-bond donors (Lipinski definition) is 1. The zero-order valence-electron chi connectivity index (χ0n) is 14.7. The molecular weight excluding hydrogens is 356 g/mol. The van der Waals surface area contributed by atoms with Crippen LogP contribution >= 0.6 is 0 Å². The maximum Gasteiger partial charge on any atom is 0.335 e. The Balaban J connectivity index is 1.72. The number of ether oxygens (including phenoxy) is 1. The van der Waals surface area contributed by atoms with Crippen LogP contribution in [0.1, 0.15) is 32.7 Å². The largest absolute Gasteiger partial charge is 0.494 e. The Bertz CT molecular complexity index is 884. The fourth-order valence-corrected chi connectivity index (χ4v) is 3.39. The molecule has 0 radical (unpaired) electrons. The number of nitrogens with zero attached hydrogens (tertiary/aromatic N) is 1. The highest BCUT2D eigenvalue weighted by Crippen LogP contribution is 2.28. The van der Waals surface area contributed by atoms with Crippen molar-refractivity contribution in [2.24, 2.45) is 5.92 Å². The molecule has 0 unspecified atom stereocenters. The lowest BCUT2D eigenvalue weighted by Gasteiger charge is -2.18. The van der Waals surface area contributed by atoms with E-state index in [-0.39, 0.29) is 17.2 Å². The maximum atomic E-state index is 14.3. The van der Waals surface area contributed by atoms with E-state index in [4.69, 9.17) is 9.84 Å². The Labute approximate surface area is 155 Å². The highest BCUT2D eigenvalue weighted by atomic mass is 19.1. The molecule has 0 bridgehead atoms. The summed E-state index contributed by atoms with van der Waals surface area (Å²) in [6.45, 7) is 0.741. The van der Waals surface area contributed by atoms with Crippen LogP contribution in [0, 0.1) is 17.6 Å². The van der Waals surface area contributed by atoms with Crippen LogP contribution in [0.25, 0.3) is 0 Å². The molecule has 1 aliphatic heterocycles. The van der Waals surface area contributed by atoms with E-state index < -0.39 is 29.1 Å². The molecule has 27 heavy (non-hydrogen) atoms. The number of benzene rings is 2. The molecule has 1 saturated heterocycles. The quantitative estimate of drug-likeness (QED) is 0.870. The van der Waals surface area contributed by atoms with Crippen LogP contribution in [0.3, 0.4) is 0 Å². The lowest BCUT2D eigenvalue weighted by atomic mass is 9.97. The summed E-state index contributed by atoms with van der Waals surface area (Å²) in [5.41, 5.74) is 0.453. The third-order valence-corrected chi connectivity index (χ3v) is 4.76. The second kappa shape index (κ2) is 7.73. The van der Waals surface area contributed by atoms with Crippen molar-refractivity contribution in [3.05, 3.63) is 64.7 Å². The van der Waals surface area contributed by atoms with Crippen LogP contribution in [0.15, 0.2) is 36.4 Å². The lowest BCUT2D eigenvalue weighted by Crippen LogP contribution is -2.30. The Morgan fingerprint density at radius 1 is 1.26 bits per heavy atom. The van der Waals surface area contributed by atoms with Crippen molar-refractivity contribution in [3.8, 4) is 5.75 Å². The molecule has 0 saturated carbocycles. The highest BCUT2D eigenvalue weighted by Gasteiger charge is 2.31. The van der Waals surface area contributed by atoms with Gasteiger partial charge in [-0.3, -0.25) is 4.79 Å². The Hall–Kier alpha value is -2.96. The number of amides is 1. The number of halogens is 2. The second-order valence-electron chi connectivity index (χ2n) is 6.55. The average Bonchev–Trinajstić information content (AvgIpc) is 3.10. The molecule has 7 heteroatoms. The number of methoxy groups -OCH3 is 1. The van der Waals surface area contributed by atoms with Crippen LogP contribution in [-0.2, 0) is 6.42 Å². The van der Waals surface area contributed by atoms with Crippen LogP contribution in [0.4, 0.5) is 8.78 Å². The normalized spacial score (nSPS) is 16.4. The van der Waals surface area contributed by atoms with Gasteiger partial charge < -0.3 is 14.7 Å². The average molecular weight is 375 g/mol. The van der Waals surface area contributed by atoms with E-state index >= 15 is 0 Å². The summed E-state index contributed by atoms with van der Waals surface area (Å²) >= 11 is 0. The van der Waals surface area contributed by atoms with Gasteiger partial charge in [0.25, 0.3) is 5.91 Å². The molecule has 3 rings (SSSR count). The molecule has 0 aliphatic carbocycles. The minimum absolute atomic E-state index is 0.0923. The molecular formula is C20H19F2NO4. The van der Waals surface area contributed by atoms with E-state index in [1.807, 2.05) is 6.07 Å². The summed E-state index contributed by atoms with van der Waals surface area (Å²) in [5, 5.41) is 9.07. The van der Waals surface area contributed by atoms with E-state index in [2.05, 4.69) is 0 Å². The predicted octanol–water partition coefficient (Wildman–Crippen LogP) is 3.38. The van der Waals surface area contributed by atoms with Gasteiger partial charge in [0.15, 0.2) is 11.6 Å². The standard InChI is InChI=1S/C20H19F2NO4/c1-27-16-6-5-15(21)17(18(16)22)19(24)23-8-7-13(11-23)9-12-3-2-4-14(10-12)20(25)26/h2-6,10,13H,7-9,11H2,1H3,(H,25,26)/t13-/m0/s1. The van der Waals surface area contributed by atoms with Crippen LogP contribution in [0.2, 0.25) is 0 Å². The van der Waals surface area contributed by atoms with Gasteiger partial charge in [-0.15, -0.1) is 0 Å². The van der Waals surface area contributed by atoms with Crippen molar-refractivity contribution in [1.82, 2.24) is 4.90 Å². The van der Waals surface area contributed by atoms with Gasteiger partial charge in [0.2, 0.25) is 0 Å². The van der Waals surface area contributed by atoms with E-state index in [9.17, 15) is 18.4 Å². The van der Waals surface area contributed by atoms with Gasteiger partial charge >= 0.3 is 5.97 Å². The zero-order chi connectivity index (χ0) is 19.6. The third-order valence-electron chi connectivity index (χ3n) is 4.76. The first-order chi connectivity index (χ1) is 12.9. The van der Waals surface area contributed by atoms with Gasteiger partial charge in [-0.25, -0.2) is 13.6 Å². The number of aromatic carboxylic acids is 1. The number of rotatable bonds is 5. The molecule has 0 aromatic heterocycles. The number of carbonyl (C=O) groups is 2. The van der Waals surface area contributed by atoms with Crippen molar-refractivity contribution in [3.63, 3.8) is 0 Å². The van der Waals surface area contributed by atoms with Gasteiger partial charge in [-0.1, -0.05) is 12.1 Å². The lowest BCUT2D eigenvalue weighted by molar-refractivity contribution is 0.0696. The van der Waals surface area contributed by atoms with Crippen LogP contribution < -0.4 is 4.74 Å². The first-order valence-electron chi connectivity index (χ1n) is 8.54. The van der Waals surface area contributed by atoms with Crippen molar-refractivity contribution >= 4 is 11.9 Å². The van der Waals surface area contributed by atoms with E-state index in [1.165, 1.54) is 18.1 Å². The van der Waals surface area contributed by atoms with Gasteiger partial charge in [-0.05, 0) is 48.6 Å². The van der Waals surface area contributed by atoms with Crippen molar-refractivity contribution in [2.75, 3.05) is 20.2 Å². The van der Waals surface area contributed by atoms with Gasteiger partial charge in [0.1, 0.15) is 11.4 Å². The molecule has 1 fully saturated rings. The van der Waals surface area contributed by atoms with Crippen LogP contribution in [-0.4, -0.2) is 42.1 Å². The monoisotopic (exact) mass is 375 g/mol. The molecule has 1 N–H and O–H groups in total. The smallest absolute Gasteiger partial charge is 0.335 e. The Morgan fingerprint density at radius 3 is 2.74 bits per heavy atom. The van der Waals surface area contributed by atoms with E-state index in [1.54, 1.807) is 12.1 Å². The predicted molar refractivity (Wildman–Crippen MR) is 94.0 cm³/mol. The number of carbonyl (C=O) groups excluding carboxylic acids is 1. The van der Waals surface area contributed by atoms with Gasteiger partial charge in [-0.2, -0.15) is 0 Å². The molecule has 2 aromatic rings. The molecule has 142 valence electrons. The minimum atomic E-state index is -1.000. The molecule has 1 aliphatic rings. The molecule has 5 nitrogen and oxygen atoms in total.